The molecule has 0 saturated carbocycles. The highest BCUT2D eigenvalue weighted by Crippen LogP contribution is 2.28. The first-order valence-corrected chi connectivity index (χ1v) is 3.70. The highest BCUT2D eigenvalue weighted by Gasteiger charge is 2.25. The van der Waals surface area contributed by atoms with Crippen molar-refractivity contribution in [1.29, 1.82) is 0 Å². The lowest BCUT2D eigenvalue weighted by Gasteiger charge is -2.14. The average molecular weight is 137 g/mol. The molecule has 0 aliphatic carbocycles. The van der Waals surface area contributed by atoms with Crippen molar-refractivity contribution in [2.75, 3.05) is 6.54 Å². The van der Waals surface area contributed by atoms with Gasteiger partial charge in [0.15, 0.2) is 0 Å². The predicted octanol–water partition coefficient (Wildman–Crippen LogP) is 2.43. The molecule has 0 N–H and O–H groups in total. The molecule has 0 unspecified atom stereocenters. The van der Waals surface area contributed by atoms with E-state index in [1.54, 1.807) is 0 Å². The fraction of sp³-hybridized carbons (Fsp3) is 0.667. The molecule has 1 rings (SSSR count). The highest BCUT2D eigenvalue weighted by molar-refractivity contribution is 6.00. The molecule has 1 heteroatoms. The Labute approximate surface area is 62.9 Å². The molecule has 0 aromatic rings. The molecule has 0 atom stereocenters. The van der Waals surface area contributed by atoms with Crippen LogP contribution in [0.5, 0.6) is 0 Å². The summed E-state index contributed by atoms with van der Waals surface area (Å²) in [4.78, 5) is 4.41. The molecule has 0 bridgehead atoms. The fourth-order valence-electron chi connectivity index (χ4n) is 1.16. The largest absolute Gasteiger partial charge is 0.289 e. The van der Waals surface area contributed by atoms with Crippen molar-refractivity contribution in [2.45, 2.75) is 27.2 Å². The second-order valence-electron chi connectivity index (χ2n) is 3.88. The smallest absolute Gasteiger partial charge is 0.0447 e. The second kappa shape index (κ2) is 2.22. The van der Waals surface area contributed by atoms with Crippen molar-refractivity contribution in [1.82, 2.24) is 0 Å². The minimum absolute atomic E-state index is 0.383. The van der Waals surface area contributed by atoms with Gasteiger partial charge in [0.05, 0.1) is 0 Å². The lowest BCUT2D eigenvalue weighted by Crippen LogP contribution is -2.11. The summed E-state index contributed by atoms with van der Waals surface area (Å²) in [5.41, 5.74) is 2.73. The topological polar surface area (TPSA) is 12.4 Å². The van der Waals surface area contributed by atoms with Crippen molar-refractivity contribution in [3.63, 3.8) is 0 Å². The fourth-order valence-corrected chi connectivity index (χ4v) is 1.16. The average Bonchev–Trinajstić information content (AvgIpc) is 2.10. The van der Waals surface area contributed by atoms with E-state index in [4.69, 9.17) is 0 Å². The summed E-state index contributed by atoms with van der Waals surface area (Å²) in [5, 5.41) is 0. The molecule has 1 aliphatic heterocycles. The molecule has 0 aromatic carbocycles. The number of nitrogens with zero attached hydrogens (tertiary/aromatic N) is 1. The van der Waals surface area contributed by atoms with Crippen LogP contribution in [-0.2, 0) is 0 Å². The summed E-state index contributed by atoms with van der Waals surface area (Å²) in [6, 6.07) is 0. The zero-order valence-electron chi connectivity index (χ0n) is 7.07. The molecule has 1 heterocycles. The lowest BCUT2D eigenvalue weighted by molar-refractivity contribution is 0.423. The van der Waals surface area contributed by atoms with Crippen LogP contribution >= 0.6 is 0 Å². The monoisotopic (exact) mass is 137 g/mol. The molecule has 0 saturated heterocycles. The van der Waals surface area contributed by atoms with Gasteiger partial charge in [-0.1, -0.05) is 20.4 Å². The molecular weight excluding hydrogens is 122 g/mol. The Morgan fingerprint density at radius 1 is 1.60 bits per heavy atom. The van der Waals surface area contributed by atoms with E-state index in [9.17, 15) is 0 Å². The van der Waals surface area contributed by atoms with Gasteiger partial charge in [-0.15, -0.1) is 0 Å². The normalized spacial score (nSPS) is 22.5. The Morgan fingerprint density at radius 3 is 2.40 bits per heavy atom. The van der Waals surface area contributed by atoms with Gasteiger partial charge in [0.25, 0.3) is 0 Å². The van der Waals surface area contributed by atoms with Crippen LogP contribution in [0.1, 0.15) is 27.2 Å². The first-order valence-electron chi connectivity index (χ1n) is 3.70. The first kappa shape index (κ1) is 7.52. The maximum Gasteiger partial charge on any atom is 0.0447 e. The van der Waals surface area contributed by atoms with Crippen molar-refractivity contribution < 1.29 is 0 Å². The van der Waals surface area contributed by atoms with Gasteiger partial charge in [0, 0.05) is 12.3 Å². The Balaban J connectivity index is 2.64. The van der Waals surface area contributed by atoms with Gasteiger partial charge < -0.3 is 0 Å². The summed E-state index contributed by atoms with van der Waals surface area (Å²) < 4.78 is 0. The lowest BCUT2D eigenvalue weighted by atomic mass is 9.89. The van der Waals surface area contributed by atoms with E-state index in [1.165, 1.54) is 5.71 Å². The van der Waals surface area contributed by atoms with Gasteiger partial charge in [0.1, 0.15) is 0 Å². The molecule has 10 heavy (non-hydrogen) atoms. The van der Waals surface area contributed by atoms with Crippen LogP contribution in [0.3, 0.4) is 0 Å². The molecule has 1 nitrogen and oxygen atoms in total. The van der Waals surface area contributed by atoms with E-state index in [0.717, 1.165) is 18.5 Å². The molecule has 0 radical (unpaired) electrons. The van der Waals surface area contributed by atoms with Crippen LogP contribution in [0, 0.1) is 5.41 Å². The Morgan fingerprint density at radius 2 is 2.20 bits per heavy atom. The quantitative estimate of drug-likeness (QED) is 0.526. The molecule has 0 fully saturated rings. The molecular formula is C9H15N. The van der Waals surface area contributed by atoms with Gasteiger partial charge in [-0.2, -0.15) is 0 Å². The Bertz CT molecular complexity index is 187. The minimum atomic E-state index is 0.383. The van der Waals surface area contributed by atoms with Gasteiger partial charge in [-0.05, 0) is 24.3 Å². The number of rotatable bonds is 1. The van der Waals surface area contributed by atoms with E-state index in [2.05, 4.69) is 25.4 Å². The first-order chi connectivity index (χ1) is 4.51. The van der Waals surface area contributed by atoms with Crippen molar-refractivity contribution >= 4 is 5.71 Å². The van der Waals surface area contributed by atoms with Crippen molar-refractivity contribution in [2.24, 2.45) is 10.4 Å². The Hall–Kier alpha value is -0.590. The van der Waals surface area contributed by atoms with E-state index < -0.39 is 0 Å². The third-order valence-electron chi connectivity index (χ3n) is 1.84. The van der Waals surface area contributed by atoms with E-state index >= 15 is 0 Å². The second-order valence-corrected chi connectivity index (χ2v) is 3.88. The van der Waals surface area contributed by atoms with E-state index in [1.807, 2.05) is 6.92 Å². The van der Waals surface area contributed by atoms with Crippen LogP contribution in [0.15, 0.2) is 17.1 Å². The molecule has 1 aliphatic rings. The van der Waals surface area contributed by atoms with Crippen molar-refractivity contribution in [3.05, 3.63) is 12.2 Å². The van der Waals surface area contributed by atoms with E-state index in [0.29, 0.717) is 5.41 Å². The maximum absolute atomic E-state index is 4.41. The summed E-state index contributed by atoms with van der Waals surface area (Å²) in [6.07, 6.45) is 1.10. The van der Waals surface area contributed by atoms with Crippen LogP contribution in [0.25, 0.3) is 0 Å². The predicted molar refractivity (Wildman–Crippen MR) is 45.5 cm³/mol. The third-order valence-corrected chi connectivity index (χ3v) is 1.84. The van der Waals surface area contributed by atoms with Crippen LogP contribution in [-0.4, -0.2) is 12.3 Å². The number of hydrogen-bond acceptors (Lipinski definition) is 1. The highest BCUT2D eigenvalue weighted by atomic mass is 14.8. The number of allylic oxidation sites excluding steroid dienone is 1. The summed E-state index contributed by atoms with van der Waals surface area (Å²) >= 11 is 0. The van der Waals surface area contributed by atoms with Crippen molar-refractivity contribution in [3.8, 4) is 0 Å². The summed E-state index contributed by atoms with van der Waals surface area (Å²) in [6.45, 7) is 11.4. The summed E-state index contributed by atoms with van der Waals surface area (Å²) in [5.74, 6) is 0. The molecule has 0 aromatic heterocycles. The molecule has 56 valence electrons. The third kappa shape index (κ3) is 1.47. The zero-order chi connectivity index (χ0) is 7.78. The number of hydrogen-bond donors (Lipinski definition) is 0. The minimum Gasteiger partial charge on any atom is -0.289 e. The number of aliphatic imine (C=N–C) groups is 1. The SMILES string of the molecule is C=C(C)C1=NCC(C)(C)C1. The van der Waals surface area contributed by atoms with Gasteiger partial charge >= 0.3 is 0 Å². The molecule has 0 spiro atoms. The van der Waals surface area contributed by atoms with Crippen LogP contribution in [0.2, 0.25) is 0 Å². The van der Waals surface area contributed by atoms with Gasteiger partial charge in [0.2, 0.25) is 0 Å². The maximum atomic E-state index is 4.41. The van der Waals surface area contributed by atoms with Gasteiger partial charge in [-0.25, -0.2) is 0 Å². The molecule has 0 amide bonds. The Kier molecular flexibility index (Phi) is 1.67. The zero-order valence-corrected chi connectivity index (χ0v) is 7.07. The van der Waals surface area contributed by atoms with Crippen LogP contribution < -0.4 is 0 Å². The van der Waals surface area contributed by atoms with Crippen LogP contribution in [0.4, 0.5) is 0 Å². The standard InChI is InChI=1S/C9H15N/c1-7(2)8-5-9(3,4)6-10-8/h1,5-6H2,2-4H3. The summed E-state index contributed by atoms with van der Waals surface area (Å²) in [7, 11) is 0. The van der Waals surface area contributed by atoms with E-state index in [-0.39, 0.29) is 0 Å². The van der Waals surface area contributed by atoms with Gasteiger partial charge in [-0.3, -0.25) is 4.99 Å².